The van der Waals surface area contributed by atoms with E-state index in [4.69, 9.17) is 14.6 Å². The van der Waals surface area contributed by atoms with E-state index in [-0.39, 0.29) is 11.5 Å². The number of aliphatic hydroxyl groups is 3. The highest BCUT2D eigenvalue weighted by atomic mass is 16.7. The fourth-order valence-corrected chi connectivity index (χ4v) is 2.92. The summed E-state index contributed by atoms with van der Waals surface area (Å²) in [6.45, 7) is -0.435. The molecule has 0 aliphatic carbocycles. The lowest BCUT2D eigenvalue weighted by atomic mass is 10.0. The van der Waals surface area contributed by atoms with Crippen molar-refractivity contribution in [3.8, 4) is 5.75 Å². The molecule has 3 rings (SSSR count). The molecule has 0 radical (unpaired) electrons. The first-order chi connectivity index (χ1) is 12.6. The summed E-state index contributed by atoms with van der Waals surface area (Å²) in [5.41, 5.74) is 1.46. The molecule has 6 nitrogen and oxygen atoms in total. The zero-order valence-electron chi connectivity index (χ0n) is 14.2. The zero-order chi connectivity index (χ0) is 18.5. The summed E-state index contributed by atoms with van der Waals surface area (Å²) in [6, 6.07) is 16.4. The molecular weight excluding hydrogens is 336 g/mol. The standard InChI is InChI=1S/C20H22O6/c21-12-17-18(23)19(24)20(26-17)25-16-9-5-4-8-14(16)15(22)11-10-13-6-2-1-3-7-13/h1-9,17-21,23-24H,10-12H2/t17-,18-,19-,20-/m1/s1. The molecule has 1 aliphatic rings. The molecular formula is C20H22O6. The molecule has 2 aromatic rings. The fraction of sp³-hybridized carbons (Fsp3) is 0.350. The van der Waals surface area contributed by atoms with Crippen LogP contribution in [0.1, 0.15) is 22.3 Å². The van der Waals surface area contributed by atoms with Gasteiger partial charge in [0, 0.05) is 6.42 Å². The van der Waals surface area contributed by atoms with Gasteiger partial charge in [-0.1, -0.05) is 42.5 Å². The van der Waals surface area contributed by atoms with Crippen LogP contribution in [0.5, 0.6) is 5.75 Å². The number of carbonyl (C=O) groups is 1. The average Bonchev–Trinajstić information content (AvgIpc) is 2.95. The lowest BCUT2D eigenvalue weighted by molar-refractivity contribution is -0.116. The van der Waals surface area contributed by atoms with Crippen molar-refractivity contribution >= 4 is 5.78 Å². The molecule has 0 saturated carbocycles. The molecule has 0 spiro atoms. The first-order valence-corrected chi connectivity index (χ1v) is 8.55. The minimum absolute atomic E-state index is 0.0869. The van der Waals surface area contributed by atoms with Crippen molar-refractivity contribution in [1.82, 2.24) is 0 Å². The van der Waals surface area contributed by atoms with Gasteiger partial charge in [0.2, 0.25) is 6.29 Å². The molecule has 0 bridgehead atoms. The zero-order valence-corrected chi connectivity index (χ0v) is 14.2. The van der Waals surface area contributed by atoms with E-state index < -0.39 is 31.2 Å². The highest BCUT2D eigenvalue weighted by molar-refractivity contribution is 5.98. The van der Waals surface area contributed by atoms with Crippen molar-refractivity contribution in [3.63, 3.8) is 0 Å². The monoisotopic (exact) mass is 358 g/mol. The van der Waals surface area contributed by atoms with Gasteiger partial charge in [0.05, 0.1) is 12.2 Å². The van der Waals surface area contributed by atoms with Crippen LogP contribution < -0.4 is 4.74 Å². The topological polar surface area (TPSA) is 96.2 Å². The number of aliphatic hydroxyl groups excluding tert-OH is 3. The number of Topliss-reactive ketones (excluding diaryl/α,β-unsaturated/α-hetero) is 1. The molecule has 4 atom stereocenters. The van der Waals surface area contributed by atoms with Crippen LogP contribution in [-0.2, 0) is 11.2 Å². The van der Waals surface area contributed by atoms with Crippen LogP contribution in [0, 0.1) is 0 Å². The third kappa shape index (κ3) is 4.11. The number of aryl methyl sites for hydroxylation is 1. The molecule has 3 N–H and O–H groups in total. The van der Waals surface area contributed by atoms with Gasteiger partial charge in [-0.05, 0) is 24.1 Å². The number of ether oxygens (including phenoxy) is 2. The Bertz CT molecular complexity index is 732. The molecule has 6 heteroatoms. The lowest BCUT2D eigenvalue weighted by Gasteiger charge is -2.18. The second-order valence-corrected chi connectivity index (χ2v) is 6.23. The number of hydrogen-bond donors (Lipinski definition) is 3. The quantitative estimate of drug-likeness (QED) is 0.646. The Labute approximate surface area is 151 Å². The van der Waals surface area contributed by atoms with Crippen molar-refractivity contribution in [2.45, 2.75) is 37.4 Å². The summed E-state index contributed by atoms with van der Waals surface area (Å²) < 4.78 is 10.9. The Morgan fingerprint density at radius 1 is 1.00 bits per heavy atom. The minimum Gasteiger partial charge on any atom is -0.461 e. The van der Waals surface area contributed by atoms with E-state index in [1.54, 1.807) is 24.3 Å². The Morgan fingerprint density at radius 3 is 2.38 bits per heavy atom. The highest BCUT2D eigenvalue weighted by Crippen LogP contribution is 2.27. The van der Waals surface area contributed by atoms with Gasteiger partial charge in [-0.2, -0.15) is 0 Å². The van der Waals surface area contributed by atoms with E-state index in [0.29, 0.717) is 18.4 Å². The van der Waals surface area contributed by atoms with E-state index in [1.165, 1.54) is 0 Å². The third-order valence-electron chi connectivity index (χ3n) is 4.41. The van der Waals surface area contributed by atoms with E-state index in [0.717, 1.165) is 5.56 Å². The largest absolute Gasteiger partial charge is 0.461 e. The van der Waals surface area contributed by atoms with E-state index >= 15 is 0 Å². The van der Waals surface area contributed by atoms with Crippen molar-refractivity contribution in [2.24, 2.45) is 0 Å². The van der Waals surface area contributed by atoms with Crippen molar-refractivity contribution in [1.29, 1.82) is 0 Å². The normalized spacial score (nSPS) is 25.2. The maximum atomic E-state index is 12.6. The Hall–Kier alpha value is -2.25. The maximum absolute atomic E-state index is 12.6. The summed E-state index contributed by atoms with van der Waals surface area (Å²) in [7, 11) is 0. The van der Waals surface area contributed by atoms with Gasteiger partial charge in [0.15, 0.2) is 5.78 Å². The number of rotatable bonds is 7. The predicted molar refractivity (Wildman–Crippen MR) is 93.9 cm³/mol. The summed E-state index contributed by atoms with van der Waals surface area (Å²) in [5, 5.41) is 29.0. The lowest BCUT2D eigenvalue weighted by Crippen LogP contribution is -2.35. The maximum Gasteiger partial charge on any atom is 0.229 e. The molecule has 1 heterocycles. The molecule has 0 amide bonds. The molecule has 0 aromatic heterocycles. The first-order valence-electron chi connectivity index (χ1n) is 8.55. The second kappa shape index (κ2) is 8.42. The van der Waals surface area contributed by atoms with Crippen molar-refractivity contribution in [3.05, 3.63) is 65.7 Å². The molecule has 1 aliphatic heterocycles. The van der Waals surface area contributed by atoms with Crippen LogP contribution in [0.15, 0.2) is 54.6 Å². The molecule has 1 saturated heterocycles. The molecule has 138 valence electrons. The number of carbonyl (C=O) groups excluding carboxylic acids is 1. The molecule has 0 unspecified atom stereocenters. The van der Waals surface area contributed by atoms with Gasteiger partial charge >= 0.3 is 0 Å². The minimum atomic E-state index is -1.31. The van der Waals surface area contributed by atoms with Crippen LogP contribution >= 0.6 is 0 Å². The van der Waals surface area contributed by atoms with Crippen molar-refractivity contribution in [2.75, 3.05) is 6.61 Å². The van der Waals surface area contributed by atoms with Gasteiger partial charge in [0.25, 0.3) is 0 Å². The number of hydrogen-bond acceptors (Lipinski definition) is 6. The van der Waals surface area contributed by atoms with Gasteiger partial charge in [-0.3, -0.25) is 4.79 Å². The number of para-hydroxylation sites is 1. The number of benzene rings is 2. The molecule has 1 fully saturated rings. The second-order valence-electron chi connectivity index (χ2n) is 6.23. The first kappa shape index (κ1) is 18.5. The van der Waals surface area contributed by atoms with E-state index in [2.05, 4.69) is 0 Å². The van der Waals surface area contributed by atoms with Gasteiger partial charge in [0.1, 0.15) is 24.1 Å². The Balaban J connectivity index is 1.69. The highest BCUT2D eigenvalue weighted by Gasteiger charge is 2.44. The molecule has 26 heavy (non-hydrogen) atoms. The number of ketones is 1. The van der Waals surface area contributed by atoms with Gasteiger partial charge in [-0.15, -0.1) is 0 Å². The predicted octanol–water partition coefficient (Wildman–Crippen LogP) is 1.32. The van der Waals surface area contributed by atoms with Crippen LogP contribution in [0.3, 0.4) is 0 Å². The summed E-state index contributed by atoms with van der Waals surface area (Å²) >= 11 is 0. The van der Waals surface area contributed by atoms with Crippen molar-refractivity contribution < 1.29 is 29.6 Å². The average molecular weight is 358 g/mol. The fourth-order valence-electron chi connectivity index (χ4n) is 2.92. The Morgan fingerprint density at radius 2 is 1.69 bits per heavy atom. The summed E-state index contributed by atoms with van der Waals surface area (Å²) in [6.07, 6.45) is -3.69. The SMILES string of the molecule is O=C(CCc1ccccc1)c1ccccc1O[C@@H]1O[C@H](CO)[C@@H](O)[C@H]1O. The van der Waals surface area contributed by atoms with Gasteiger partial charge < -0.3 is 24.8 Å². The summed E-state index contributed by atoms with van der Waals surface area (Å²) in [4.78, 5) is 12.6. The van der Waals surface area contributed by atoms with Crippen LogP contribution in [-0.4, -0.2) is 52.3 Å². The van der Waals surface area contributed by atoms with Crippen LogP contribution in [0.2, 0.25) is 0 Å². The van der Waals surface area contributed by atoms with Crippen LogP contribution in [0.25, 0.3) is 0 Å². The Kier molecular flexibility index (Phi) is 6.00. The van der Waals surface area contributed by atoms with Gasteiger partial charge in [-0.25, -0.2) is 0 Å². The van der Waals surface area contributed by atoms with Crippen LogP contribution in [0.4, 0.5) is 0 Å². The smallest absolute Gasteiger partial charge is 0.229 e. The third-order valence-corrected chi connectivity index (χ3v) is 4.41. The van der Waals surface area contributed by atoms with E-state index in [1.807, 2.05) is 30.3 Å². The summed E-state index contributed by atoms with van der Waals surface area (Å²) in [5.74, 6) is 0.191. The van der Waals surface area contributed by atoms with E-state index in [9.17, 15) is 15.0 Å². The molecule has 2 aromatic carbocycles.